The summed E-state index contributed by atoms with van der Waals surface area (Å²) in [5.41, 5.74) is 4.35. The van der Waals surface area contributed by atoms with Gasteiger partial charge >= 0.3 is 0 Å². The highest BCUT2D eigenvalue weighted by atomic mass is 32.1. The monoisotopic (exact) mass is 482 g/mol. The van der Waals surface area contributed by atoms with Crippen LogP contribution in [0.1, 0.15) is 45.8 Å². The average Bonchev–Trinajstić information content (AvgIpc) is 3.39. The summed E-state index contributed by atoms with van der Waals surface area (Å²) in [6.07, 6.45) is 0. The molecule has 0 unspecified atom stereocenters. The number of anilines is 1. The van der Waals surface area contributed by atoms with Gasteiger partial charge in [-0.15, -0.1) is 0 Å². The van der Waals surface area contributed by atoms with Crippen molar-refractivity contribution in [1.82, 2.24) is 4.98 Å². The van der Waals surface area contributed by atoms with Crippen LogP contribution in [0.5, 0.6) is 5.75 Å². The van der Waals surface area contributed by atoms with Crippen LogP contribution in [-0.2, 0) is 0 Å². The molecule has 0 saturated heterocycles. The third-order valence-electron chi connectivity index (χ3n) is 6.31. The van der Waals surface area contributed by atoms with Crippen LogP contribution in [0.3, 0.4) is 0 Å². The molecule has 1 amide bonds. The van der Waals surface area contributed by atoms with Gasteiger partial charge in [0.15, 0.2) is 10.6 Å². The van der Waals surface area contributed by atoms with Crippen molar-refractivity contribution in [3.63, 3.8) is 0 Å². The molecule has 0 bridgehead atoms. The Labute approximate surface area is 205 Å². The predicted molar refractivity (Wildman–Crippen MR) is 138 cm³/mol. The van der Waals surface area contributed by atoms with Gasteiger partial charge in [0.1, 0.15) is 11.3 Å². The van der Waals surface area contributed by atoms with Crippen molar-refractivity contribution in [1.29, 1.82) is 0 Å². The molecule has 0 saturated carbocycles. The van der Waals surface area contributed by atoms with Crippen molar-refractivity contribution in [2.75, 3.05) is 11.5 Å². The number of benzene rings is 3. The number of rotatable bonds is 4. The molecule has 174 valence electrons. The highest BCUT2D eigenvalue weighted by molar-refractivity contribution is 7.22. The van der Waals surface area contributed by atoms with E-state index >= 15 is 0 Å². The maximum atomic E-state index is 13.8. The zero-order valence-electron chi connectivity index (χ0n) is 19.5. The van der Waals surface area contributed by atoms with Crippen LogP contribution >= 0.6 is 11.3 Å². The van der Waals surface area contributed by atoms with Crippen molar-refractivity contribution in [3.05, 3.63) is 98.9 Å². The second kappa shape index (κ2) is 8.06. The second-order valence-corrected chi connectivity index (χ2v) is 9.68. The molecule has 0 fully saturated rings. The number of para-hydroxylation sites is 1. The Morgan fingerprint density at radius 3 is 2.60 bits per heavy atom. The van der Waals surface area contributed by atoms with E-state index in [0.717, 1.165) is 32.7 Å². The number of aromatic nitrogens is 1. The largest absolute Gasteiger partial charge is 0.494 e. The minimum atomic E-state index is -0.656. The first-order chi connectivity index (χ1) is 17.0. The molecule has 1 aliphatic heterocycles. The van der Waals surface area contributed by atoms with Gasteiger partial charge in [-0.25, -0.2) is 4.98 Å². The number of carbonyl (C=O) groups excluding carboxylic acids is 1. The summed E-state index contributed by atoms with van der Waals surface area (Å²) in [6, 6.07) is 18.0. The molecule has 0 N–H and O–H groups in total. The molecule has 7 heteroatoms. The molecule has 0 radical (unpaired) electrons. The van der Waals surface area contributed by atoms with E-state index < -0.39 is 6.04 Å². The normalized spacial score (nSPS) is 15.2. The lowest BCUT2D eigenvalue weighted by atomic mass is 9.98. The van der Waals surface area contributed by atoms with E-state index in [9.17, 15) is 9.59 Å². The lowest BCUT2D eigenvalue weighted by Crippen LogP contribution is -2.29. The van der Waals surface area contributed by atoms with E-state index in [1.807, 2.05) is 45.0 Å². The van der Waals surface area contributed by atoms with Crippen LogP contribution in [-0.4, -0.2) is 17.5 Å². The van der Waals surface area contributed by atoms with E-state index in [-0.39, 0.29) is 17.1 Å². The third kappa shape index (κ3) is 3.34. The van der Waals surface area contributed by atoms with Crippen molar-refractivity contribution in [2.24, 2.45) is 0 Å². The molecule has 3 aromatic carbocycles. The standard InChI is InChI=1S/C28H22N2O4S/c1-4-33-18-11-9-17(10-12-18)24-22-25(31)19-7-5-6-8-20(19)34-26(22)27(32)30(24)28-29-23-16(3)13-15(2)14-21(23)35-28/h5-14,24H,4H2,1-3H3/t24-/m0/s1. The number of ether oxygens (including phenoxy) is 1. The highest BCUT2D eigenvalue weighted by Crippen LogP contribution is 2.44. The van der Waals surface area contributed by atoms with Crippen LogP contribution in [0.25, 0.3) is 21.2 Å². The van der Waals surface area contributed by atoms with Gasteiger partial charge in [-0.1, -0.05) is 41.7 Å². The van der Waals surface area contributed by atoms with Gasteiger partial charge in [0.2, 0.25) is 5.76 Å². The van der Waals surface area contributed by atoms with Gasteiger partial charge in [0.25, 0.3) is 5.91 Å². The minimum Gasteiger partial charge on any atom is -0.494 e. The maximum Gasteiger partial charge on any atom is 0.297 e. The van der Waals surface area contributed by atoms with Crippen molar-refractivity contribution < 1.29 is 13.9 Å². The second-order valence-electron chi connectivity index (χ2n) is 8.67. The van der Waals surface area contributed by atoms with E-state index in [0.29, 0.717) is 28.3 Å². The first kappa shape index (κ1) is 21.6. The Balaban J connectivity index is 1.60. The zero-order chi connectivity index (χ0) is 24.3. The summed E-state index contributed by atoms with van der Waals surface area (Å²) in [4.78, 5) is 33.9. The number of amides is 1. The average molecular weight is 483 g/mol. The summed E-state index contributed by atoms with van der Waals surface area (Å²) in [5, 5.41) is 0.986. The summed E-state index contributed by atoms with van der Waals surface area (Å²) < 4.78 is 12.6. The molecule has 6 nitrogen and oxygen atoms in total. The van der Waals surface area contributed by atoms with E-state index in [1.54, 1.807) is 29.2 Å². The molecule has 6 rings (SSSR count). The molecule has 1 aliphatic rings. The lowest BCUT2D eigenvalue weighted by molar-refractivity contribution is 0.0971. The Bertz CT molecular complexity index is 1680. The number of nitrogens with zero attached hydrogens (tertiary/aromatic N) is 2. The fraction of sp³-hybridized carbons (Fsp3) is 0.179. The highest BCUT2D eigenvalue weighted by Gasteiger charge is 2.45. The third-order valence-corrected chi connectivity index (χ3v) is 7.31. The van der Waals surface area contributed by atoms with Crippen molar-refractivity contribution >= 4 is 43.6 Å². The summed E-state index contributed by atoms with van der Waals surface area (Å²) in [5.74, 6) is 0.430. The van der Waals surface area contributed by atoms with E-state index in [2.05, 4.69) is 12.1 Å². The summed E-state index contributed by atoms with van der Waals surface area (Å²) >= 11 is 1.44. The Kier molecular flexibility index (Phi) is 4.96. The lowest BCUT2D eigenvalue weighted by Gasteiger charge is -2.22. The summed E-state index contributed by atoms with van der Waals surface area (Å²) in [7, 11) is 0. The molecule has 3 heterocycles. The molecule has 0 spiro atoms. The quantitative estimate of drug-likeness (QED) is 0.306. The minimum absolute atomic E-state index is 0.0692. The SMILES string of the molecule is CCOc1ccc([C@H]2c3c(oc4ccccc4c3=O)C(=O)N2c2nc3c(C)cc(C)cc3s2)cc1. The number of hydrogen-bond acceptors (Lipinski definition) is 6. The van der Waals surface area contributed by atoms with Crippen LogP contribution in [0, 0.1) is 13.8 Å². The van der Waals surface area contributed by atoms with Gasteiger partial charge in [0.05, 0.1) is 33.8 Å². The Morgan fingerprint density at radius 1 is 1.06 bits per heavy atom. The van der Waals surface area contributed by atoms with Crippen molar-refractivity contribution in [2.45, 2.75) is 26.8 Å². The number of hydrogen-bond donors (Lipinski definition) is 0. The fourth-order valence-electron chi connectivity index (χ4n) is 4.81. The zero-order valence-corrected chi connectivity index (χ0v) is 20.3. The molecular weight excluding hydrogens is 460 g/mol. The van der Waals surface area contributed by atoms with Gasteiger partial charge < -0.3 is 9.15 Å². The number of thiazole rings is 1. The first-order valence-electron chi connectivity index (χ1n) is 11.5. The van der Waals surface area contributed by atoms with Crippen LogP contribution < -0.4 is 15.1 Å². The first-order valence-corrected chi connectivity index (χ1v) is 12.3. The molecule has 35 heavy (non-hydrogen) atoms. The molecule has 5 aromatic rings. The van der Waals surface area contributed by atoms with Gasteiger partial charge in [-0.2, -0.15) is 0 Å². The van der Waals surface area contributed by atoms with Crippen molar-refractivity contribution in [3.8, 4) is 5.75 Å². The smallest absolute Gasteiger partial charge is 0.297 e. The van der Waals surface area contributed by atoms with Crippen LogP contribution in [0.2, 0.25) is 0 Å². The predicted octanol–water partition coefficient (Wildman–Crippen LogP) is 6.17. The maximum absolute atomic E-state index is 13.8. The molecule has 0 aliphatic carbocycles. The summed E-state index contributed by atoms with van der Waals surface area (Å²) in [6.45, 7) is 6.53. The van der Waals surface area contributed by atoms with E-state index in [1.165, 1.54) is 11.3 Å². The van der Waals surface area contributed by atoms with Gasteiger partial charge in [0, 0.05) is 0 Å². The van der Waals surface area contributed by atoms with E-state index in [4.69, 9.17) is 14.1 Å². The molecule has 1 atom stereocenters. The molecular formula is C28H22N2O4S. The van der Waals surface area contributed by atoms with Gasteiger partial charge in [-0.05, 0) is 67.8 Å². The number of carbonyl (C=O) groups is 1. The van der Waals surface area contributed by atoms with Crippen LogP contribution in [0.15, 0.2) is 69.9 Å². The van der Waals surface area contributed by atoms with Gasteiger partial charge in [-0.3, -0.25) is 14.5 Å². The molecule has 2 aromatic heterocycles. The topological polar surface area (TPSA) is 72.6 Å². The Hall–Kier alpha value is -3.97. The fourth-order valence-corrected chi connectivity index (χ4v) is 5.98. The number of aryl methyl sites for hydroxylation is 2. The number of fused-ring (bicyclic) bond motifs is 3. The Morgan fingerprint density at radius 2 is 1.83 bits per heavy atom. The van der Waals surface area contributed by atoms with Crippen LogP contribution in [0.4, 0.5) is 5.13 Å².